The molecule has 17 heavy (non-hydrogen) atoms. The van der Waals surface area contributed by atoms with Gasteiger partial charge in [0.05, 0.1) is 17.3 Å². The maximum atomic E-state index is 5.53. The molecule has 4 nitrogen and oxygen atoms in total. The largest absolute Gasteiger partial charge is 0.497 e. The average molecular weight is 296 g/mol. The minimum atomic E-state index is 0.600. The Labute approximate surface area is 108 Å². The summed E-state index contributed by atoms with van der Waals surface area (Å²) in [6, 6.07) is 7.79. The highest BCUT2D eigenvalue weighted by molar-refractivity contribution is 9.10. The van der Waals surface area contributed by atoms with Crippen LogP contribution < -0.4 is 10.5 Å². The smallest absolute Gasteiger partial charge is 0.118 e. The van der Waals surface area contributed by atoms with Crippen LogP contribution >= 0.6 is 15.9 Å². The standard InChI is InChI=1S/C12H14BrN3O/c1-17-9-4-2-8(3-5-9)12-11(13)10(6-7-14)15-16-12/h2-5H,6-7,14H2,1H3,(H,15,16). The van der Waals surface area contributed by atoms with E-state index in [0.717, 1.165) is 33.6 Å². The molecular weight excluding hydrogens is 282 g/mol. The van der Waals surface area contributed by atoms with Crippen LogP contribution in [-0.4, -0.2) is 23.9 Å². The van der Waals surface area contributed by atoms with E-state index < -0.39 is 0 Å². The molecule has 0 fully saturated rings. The molecule has 0 spiro atoms. The Kier molecular flexibility index (Phi) is 3.81. The minimum absolute atomic E-state index is 0.600. The van der Waals surface area contributed by atoms with Crippen LogP contribution in [0.1, 0.15) is 5.69 Å². The maximum Gasteiger partial charge on any atom is 0.118 e. The van der Waals surface area contributed by atoms with Crippen LogP contribution in [0.2, 0.25) is 0 Å². The van der Waals surface area contributed by atoms with Gasteiger partial charge in [0, 0.05) is 12.0 Å². The molecule has 0 saturated heterocycles. The van der Waals surface area contributed by atoms with Crippen molar-refractivity contribution >= 4 is 15.9 Å². The lowest BCUT2D eigenvalue weighted by Gasteiger charge is -2.01. The molecule has 0 bridgehead atoms. The first kappa shape index (κ1) is 12.1. The number of H-pyrrole nitrogens is 1. The number of nitrogens with zero attached hydrogens (tertiary/aromatic N) is 1. The quantitative estimate of drug-likeness (QED) is 0.910. The van der Waals surface area contributed by atoms with Crippen molar-refractivity contribution in [3.63, 3.8) is 0 Å². The number of ether oxygens (including phenoxy) is 1. The highest BCUT2D eigenvalue weighted by atomic mass is 79.9. The number of halogens is 1. The van der Waals surface area contributed by atoms with Gasteiger partial charge in [-0.1, -0.05) is 0 Å². The molecule has 3 N–H and O–H groups in total. The fourth-order valence-corrected chi connectivity index (χ4v) is 2.22. The number of nitrogens with one attached hydrogen (secondary N) is 1. The molecule has 0 aliphatic rings. The topological polar surface area (TPSA) is 63.9 Å². The van der Waals surface area contributed by atoms with E-state index in [2.05, 4.69) is 26.1 Å². The van der Waals surface area contributed by atoms with Crippen LogP contribution in [0.15, 0.2) is 28.7 Å². The van der Waals surface area contributed by atoms with Gasteiger partial charge in [0.25, 0.3) is 0 Å². The third-order valence-electron chi connectivity index (χ3n) is 2.53. The third-order valence-corrected chi connectivity index (χ3v) is 3.39. The van der Waals surface area contributed by atoms with Gasteiger partial charge in [-0.3, -0.25) is 5.10 Å². The van der Waals surface area contributed by atoms with Gasteiger partial charge in [0.15, 0.2) is 0 Å². The predicted molar refractivity (Wildman–Crippen MR) is 71.0 cm³/mol. The molecule has 1 aromatic carbocycles. The van der Waals surface area contributed by atoms with Crippen molar-refractivity contribution in [2.45, 2.75) is 6.42 Å². The zero-order chi connectivity index (χ0) is 12.3. The Morgan fingerprint density at radius 2 is 2.06 bits per heavy atom. The van der Waals surface area contributed by atoms with Crippen molar-refractivity contribution in [2.24, 2.45) is 5.73 Å². The molecule has 2 rings (SSSR count). The van der Waals surface area contributed by atoms with E-state index in [1.807, 2.05) is 24.3 Å². The maximum absolute atomic E-state index is 5.53. The van der Waals surface area contributed by atoms with Gasteiger partial charge in [-0.25, -0.2) is 0 Å². The Morgan fingerprint density at radius 1 is 1.35 bits per heavy atom. The number of rotatable bonds is 4. The van der Waals surface area contributed by atoms with Crippen LogP contribution in [0.4, 0.5) is 0 Å². The fourth-order valence-electron chi connectivity index (χ4n) is 1.61. The monoisotopic (exact) mass is 295 g/mol. The Morgan fingerprint density at radius 3 is 2.65 bits per heavy atom. The predicted octanol–water partition coefficient (Wildman–Crippen LogP) is 2.35. The molecule has 0 saturated carbocycles. The van der Waals surface area contributed by atoms with Crippen LogP contribution in [0, 0.1) is 0 Å². The molecule has 0 aliphatic heterocycles. The van der Waals surface area contributed by atoms with E-state index in [-0.39, 0.29) is 0 Å². The molecule has 0 unspecified atom stereocenters. The van der Waals surface area contributed by atoms with Gasteiger partial charge in [0.2, 0.25) is 0 Å². The number of aromatic nitrogens is 2. The SMILES string of the molecule is COc1ccc(-c2n[nH]c(CCN)c2Br)cc1. The number of hydrogen-bond donors (Lipinski definition) is 2. The normalized spacial score (nSPS) is 10.5. The van der Waals surface area contributed by atoms with E-state index in [9.17, 15) is 0 Å². The van der Waals surface area contributed by atoms with E-state index >= 15 is 0 Å². The summed E-state index contributed by atoms with van der Waals surface area (Å²) >= 11 is 3.54. The minimum Gasteiger partial charge on any atom is -0.497 e. The fraction of sp³-hybridized carbons (Fsp3) is 0.250. The summed E-state index contributed by atoms with van der Waals surface area (Å²) in [7, 11) is 1.65. The van der Waals surface area contributed by atoms with Gasteiger partial charge < -0.3 is 10.5 Å². The van der Waals surface area contributed by atoms with Crippen molar-refractivity contribution in [1.82, 2.24) is 10.2 Å². The van der Waals surface area contributed by atoms with Crippen molar-refractivity contribution in [3.8, 4) is 17.0 Å². The number of nitrogens with two attached hydrogens (primary N) is 1. The first-order chi connectivity index (χ1) is 8.26. The molecule has 0 radical (unpaired) electrons. The summed E-state index contributed by atoms with van der Waals surface area (Å²) in [5, 5.41) is 7.29. The third kappa shape index (κ3) is 2.50. The lowest BCUT2D eigenvalue weighted by molar-refractivity contribution is 0.415. The Balaban J connectivity index is 2.32. The molecule has 0 aliphatic carbocycles. The average Bonchev–Trinajstić information content (AvgIpc) is 2.72. The Hall–Kier alpha value is -1.33. The molecule has 90 valence electrons. The van der Waals surface area contributed by atoms with Crippen molar-refractivity contribution in [1.29, 1.82) is 0 Å². The van der Waals surface area contributed by atoms with E-state index in [4.69, 9.17) is 10.5 Å². The summed E-state index contributed by atoms with van der Waals surface area (Å²) in [5.74, 6) is 0.836. The molecule has 1 aromatic heterocycles. The van der Waals surface area contributed by atoms with Gasteiger partial charge in [0.1, 0.15) is 11.4 Å². The second-order valence-corrected chi connectivity index (χ2v) is 4.42. The van der Waals surface area contributed by atoms with Gasteiger partial charge in [-0.05, 0) is 46.7 Å². The molecule has 0 amide bonds. The highest BCUT2D eigenvalue weighted by Gasteiger charge is 2.11. The van der Waals surface area contributed by atoms with Gasteiger partial charge in [-0.15, -0.1) is 0 Å². The van der Waals surface area contributed by atoms with Crippen molar-refractivity contribution in [2.75, 3.05) is 13.7 Å². The zero-order valence-electron chi connectivity index (χ0n) is 9.53. The molecule has 2 aromatic rings. The number of hydrogen-bond acceptors (Lipinski definition) is 3. The van der Waals surface area contributed by atoms with Crippen molar-refractivity contribution < 1.29 is 4.74 Å². The summed E-state index contributed by atoms with van der Waals surface area (Å²) in [5.41, 5.74) is 8.49. The van der Waals surface area contributed by atoms with E-state index in [1.165, 1.54) is 0 Å². The second kappa shape index (κ2) is 5.33. The lowest BCUT2D eigenvalue weighted by Crippen LogP contribution is -2.03. The first-order valence-electron chi connectivity index (χ1n) is 5.33. The van der Waals surface area contributed by atoms with Gasteiger partial charge in [-0.2, -0.15) is 5.10 Å². The molecule has 1 heterocycles. The lowest BCUT2D eigenvalue weighted by atomic mass is 10.1. The number of methoxy groups -OCH3 is 1. The first-order valence-corrected chi connectivity index (χ1v) is 6.12. The van der Waals surface area contributed by atoms with Crippen LogP contribution in [-0.2, 0) is 6.42 Å². The summed E-state index contributed by atoms with van der Waals surface area (Å²) < 4.78 is 6.10. The van der Waals surface area contributed by atoms with E-state index in [0.29, 0.717) is 6.54 Å². The summed E-state index contributed by atoms with van der Waals surface area (Å²) in [6.45, 7) is 0.600. The Bertz CT molecular complexity index is 493. The van der Waals surface area contributed by atoms with Crippen molar-refractivity contribution in [3.05, 3.63) is 34.4 Å². The molecule has 0 atom stereocenters. The highest BCUT2D eigenvalue weighted by Crippen LogP contribution is 2.29. The second-order valence-electron chi connectivity index (χ2n) is 3.63. The molecular formula is C12H14BrN3O. The summed E-state index contributed by atoms with van der Waals surface area (Å²) in [6.07, 6.45) is 0.781. The summed E-state index contributed by atoms with van der Waals surface area (Å²) in [4.78, 5) is 0. The van der Waals surface area contributed by atoms with Crippen LogP contribution in [0.3, 0.4) is 0 Å². The van der Waals surface area contributed by atoms with Crippen LogP contribution in [0.5, 0.6) is 5.75 Å². The van der Waals surface area contributed by atoms with Gasteiger partial charge >= 0.3 is 0 Å². The number of aromatic amines is 1. The zero-order valence-corrected chi connectivity index (χ0v) is 11.1. The number of benzene rings is 1. The van der Waals surface area contributed by atoms with Crippen LogP contribution in [0.25, 0.3) is 11.3 Å². The van der Waals surface area contributed by atoms with E-state index in [1.54, 1.807) is 7.11 Å². The molecule has 5 heteroatoms.